The minimum absolute atomic E-state index is 0.0261. The van der Waals surface area contributed by atoms with Gasteiger partial charge in [0.2, 0.25) is 0 Å². The number of quaternary nitrogens is 1. The lowest BCUT2D eigenvalue weighted by atomic mass is 10.0. The van der Waals surface area contributed by atoms with Crippen LogP contribution < -0.4 is 0 Å². The number of phosphoric acid groups is 1. The molecule has 0 aliphatic heterocycles. The first-order valence-corrected chi connectivity index (χ1v) is 33.5. The lowest BCUT2D eigenvalue weighted by Gasteiger charge is -2.24. The van der Waals surface area contributed by atoms with Crippen LogP contribution in [0.15, 0.2) is 97.2 Å². The van der Waals surface area contributed by atoms with Crippen LogP contribution in [-0.2, 0) is 32.7 Å². The van der Waals surface area contributed by atoms with Crippen molar-refractivity contribution in [3.63, 3.8) is 0 Å². The average Bonchev–Trinajstić information content (AvgIpc) is 3.41. The third-order valence-electron chi connectivity index (χ3n) is 13.6. The summed E-state index contributed by atoms with van der Waals surface area (Å²) in [6, 6.07) is 0. The summed E-state index contributed by atoms with van der Waals surface area (Å²) < 4.78 is 34.7. The van der Waals surface area contributed by atoms with Gasteiger partial charge in [0.05, 0.1) is 27.7 Å². The quantitative estimate of drug-likeness (QED) is 0.0211. The van der Waals surface area contributed by atoms with Crippen LogP contribution in [0.1, 0.15) is 271 Å². The van der Waals surface area contributed by atoms with E-state index in [0.29, 0.717) is 17.4 Å². The van der Waals surface area contributed by atoms with E-state index in [2.05, 4.69) is 111 Å². The molecule has 0 aliphatic carbocycles. The topological polar surface area (TPSA) is 108 Å². The predicted molar refractivity (Wildman–Crippen MR) is 335 cm³/mol. The van der Waals surface area contributed by atoms with Gasteiger partial charge in [-0.25, -0.2) is 4.57 Å². The van der Waals surface area contributed by atoms with Crippen molar-refractivity contribution in [2.24, 2.45) is 0 Å². The van der Waals surface area contributed by atoms with Crippen molar-refractivity contribution >= 4 is 19.8 Å². The Morgan fingerprint density at radius 1 is 0.410 bits per heavy atom. The highest BCUT2D eigenvalue weighted by molar-refractivity contribution is 7.47. The highest BCUT2D eigenvalue weighted by Gasteiger charge is 2.27. The SMILES string of the molecule is CC/C=C\C/C=C\C/C=C\C/C=C\C/C=C\C/C=C\CCCCCCCCCCC(=O)OC(COC(=O)CCCCCCCCCCCCCCCCC/C=C\C/C=C\CCCCCCC)COP(=O)(O)OCC[N+](C)(C)C. The van der Waals surface area contributed by atoms with Crippen LogP contribution in [0.25, 0.3) is 0 Å². The van der Waals surface area contributed by atoms with E-state index < -0.39 is 26.5 Å². The second-order valence-corrected chi connectivity index (χ2v) is 23.9. The predicted octanol–water partition coefficient (Wildman–Crippen LogP) is 20.4. The summed E-state index contributed by atoms with van der Waals surface area (Å²) in [6.45, 7) is 4.32. The monoisotopic (exact) mass is 1110 g/mol. The van der Waals surface area contributed by atoms with Crippen LogP contribution in [0.2, 0.25) is 0 Å². The fourth-order valence-corrected chi connectivity index (χ4v) is 9.44. The van der Waals surface area contributed by atoms with Crippen molar-refractivity contribution in [1.82, 2.24) is 0 Å². The molecule has 0 aromatic heterocycles. The van der Waals surface area contributed by atoms with Gasteiger partial charge in [0.25, 0.3) is 0 Å². The first-order valence-electron chi connectivity index (χ1n) is 32.0. The van der Waals surface area contributed by atoms with Gasteiger partial charge in [-0.15, -0.1) is 0 Å². The molecule has 1 N–H and O–H groups in total. The molecule has 0 aromatic carbocycles. The summed E-state index contributed by atoms with van der Waals surface area (Å²) in [5.74, 6) is -0.805. The number of nitrogens with zero attached hydrogens (tertiary/aromatic N) is 1. The van der Waals surface area contributed by atoms with E-state index in [4.69, 9.17) is 18.5 Å². The molecule has 0 aromatic rings. The van der Waals surface area contributed by atoms with E-state index in [1.54, 1.807) is 0 Å². The van der Waals surface area contributed by atoms with Gasteiger partial charge in [-0.05, 0) is 96.3 Å². The molecule has 450 valence electrons. The number of ether oxygens (including phenoxy) is 2. The molecule has 0 radical (unpaired) electrons. The van der Waals surface area contributed by atoms with E-state index in [9.17, 15) is 19.0 Å². The molecule has 0 saturated heterocycles. The maximum Gasteiger partial charge on any atom is 0.472 e. The molecule has 0 spiro atoms. The molecule has 0 heterocycles. The molecule has 0 aliphatic rings. The number of allylic oxidation sites excluding steroid dienone is 16. The Labute approximate surface area is 481 Å². The number of esters is 2. The summed E-state index contributed by atoms with van der Waals surface area (Å²) in [7, 11) is 1.47. The standard InChI is InChI=1S/C68H120NO8P/c1-6-8-10-12-14-16-18-20-22-24-26-28-30-32-34-36-38-40-42-44-46-48-50-52-54-56-58-60-67(70)74-64-66(65-76-78(72,73)75-63-62-69(3,4)5)77-68(71)61-59-57-55-53-51-49-47-45-43-41-39-37-35-33-31-29-27-25-23-21-19-17-15-13-11-9-7-2/h9,11,15,17-18,20-21,23-24,26-27,29,33,35,39,41,66H,6-8,10,12-14,16,19,22,25,28,30-32,34,36-38,40,42-65H2,1-5H3/p+1/b11-9-,17-15-,20-18-,23-21-,26-24-,29-27-,35-33-,41-39-. The van der Waals surface area contributed by atoms with Gasteiger partial charge in [0.1, 0.15) is 19.8 Å². The van der Waals surface area contributed by atoms with Crippen LogP contribution in [-0.4, -0.2) is 74.9 Å². The fourth-order valence-electron chi connectivity index (χ4n) is 8.70. The third-order valence-corrected chi connectivity index (χ3v) is 14.6. The summed E-state index contributed by atoms with van der Waals surface area (Å²) in [5.41, 5.74) is 0. The van der Waals surface area contributed by atoms with Crippen LogP contribution in [0.4, 0.5) is 0 Å². The average molecular weight is 1110 g/mol. The van der Waals surface area contributed by atoms with Crippen LogP contribution in [0.3, 0.4) is 0 Å². The lowest BCUT2D eigenvalue weighted by molar-refractivity contribution is -0.870. The third kappa shape index (κ3) is 62.1. The van der Waals surface area contributed by atoms with Crippen molar-refractivity contribution in [1.29, 1.82) is 0 Å². The first kappa shape index (κ1) is 74.9. The first-order chi connectivity index (χ1) is 38.0. The number of unbranched alkanes of at least 4 members (excludes halogenated alkanes) is 28. The molecule has 2 unspecified atom stereocenters. The number of phosphoric ester groups is 1. The van der Waals surface area contributed by atoms with Gasteiger partial charge in [-0.3, -0.25) is 18.6 Å². The normalized spacial score (nSPS) is 13.9. The maximum absolute atomic E-state index is 12.8. The van der Waals surface area contributed by atoms with E-state index in [1.807, 2.05) is 21.1 Å². The van der Waals surface area contributed by atoms with Crippen LogP contribution in [0, 0.1) is 0 Å². The Morgan fingerprint density at radius 2 is 0.731 bits per heavy atom. The molecule has 10 heteroatoms. The lowest BCUT2D eigenvalue weighted by Crippen LogP contribution is -2.37. The van der Waals surface area contributed by atoms with Crippen LogP contribution in [0.5, 0.6) is 0 Å². The molecular formula is C68H121NO8P+. The van der Waals surface area contributed by atoms with Gasteiger partial charge in [0, 0.05) is 12.8 Å². The molecular weight excluding hydrogens is 990 g/mol. The van der Waals surface area contributed by atoms with Crippen molar-refractivity contribution in [3.05, 3.63) is 97.2 Å². The smallest absolute Gasteiger partial charge is 0.462 e. The molecule has 0 fully saturated rings. The second kappa shape index (κ2) is 58.6. The van der Waals surface area contributed by atoms with E-state index in [1.165, 1.54) is 148 Å². The zero-order valence-electron chi connectivity index (χ0n) is 51.1. The van der Waals surface area contributed by atoms with Gasteiger partial charge < -0.3 is 18.9 Å². The number of hydrogen-bond donors (Lipinski definition) is 1. The molecule has 0 saturated carbocycles. The Bertz CT molecular complexity index is 1640. The Kier molecular flexibility index (Phi) is 56.3. The maximum atomic E-state index is 12.8. The Balaban J connectivity index is 4.14. The van der Waals surface area contributed by atoms with E-state index in [0.717, 1.165) is 89.9 Å². The highest BCUT2D eigenvalue weighted by Crippen LogP contribution is 2.43. The van der Waals surface area contributed by atoms with Crippen molar-refractivity contribution in [2.75, 3.05) is 47.5 Å². The molecule has 0 bridgehead atoms. The summed E-state index contributed by atoms with van der Waals surface area (Å²) >= 11 is 0. The van der Waals surface area contributed by atoms with Crippen molar-refractivity contribution in [2.45, 2.75) is 277 Å². The fraction of sp³-hybridized carbons (Fsp3) is 0.735. The zero-order chi connectivity index (χ0) is 57.0. The Morgan fingerprint density at radius 3 is 1.09 bits per heavy atom. The molecule has 78 heavy (non-hydrogen) atoms. The van der Waals surface area contributed by atoms with E-state index >= 15 is 0 Å². The zero-order valence-corrected chi connectivity index (χ0v) is 52.0. The van der Waals surface area contributed by atoms with Gasteiger partial charge in [-0.1, -0.05) is 259 Å². The Hall–Kier alpha value is -3.07. The highest BCUT2D eigenvalue weighted by atomic mass is 31.2. The van der Waals surface area contributed by atoms with Crippen molar-refractivity contribution in [3.8, 4) is 0 Å². The van der Waals surface area contributed by atoms with Gasteiger partial charge in [0.15, 0.2) is 6.10 Å². The minimum Gasteiger partial charge on any atom is -0.462 e. The summed E-state index contributed by atoms with van der Waals surface area (Å²) in [6.07, 6.45) is 80.5. The number of hydrogen-bond acceptors (Lipinski definition) is 7. The number of likely N-dealkylation sites (N-methyl/N-ethyl adjacent to an activating group) is 1. The largest absolute Gasteiger partial charge is 0.472 e. The molecule has 0 rings (SSSR count). The van der Waals surface area contributed by atoms with Crippen molar-refractivity contribution < 1.29 is 42.1 Å². The van der Waals surface area contributed by atoms with Gasteiger partial charge in [-0.2, -0.15) is 0 Å². The molecule has 2 atom stereocenters. The summed E-state index contributed by atoms with van der Waals surface area (Å²) in [4.78, 5) is 35.8. The number of carbonyl (C=O) groups is 2. The second-order valence-electron chi connectivity index (χ2n) is 22.4. The van der Waals surface area contributed by atoms with Gasteiger partial charge >= 0.3 is 19.8 Å². The molecule has 0 amide bonds. The van der Waals surface area contributed by atoms with E-state index in [-0.39, 0.29) is 32.0 Å². The minimum atomic E-state index is -4.40. The number of rotatable bonds is 58. The van der Waals surface area contributed by atoms with Crippen LogP contribution >= 0.6 is 7.82 Å². The number of carbonyl (C=O) groups excluding carboxylic acids is 2. The molecule has 9 nitrogen and oxygen atoms in total. The summed E-state index contributed by atoms with van der Waals surface area (Å²) in [5, 5.41) is 0.